The number of pyridine rings is 2. The molecule has 0 aliphatic rings. The normalized spacial score (nSPS) is 12.4. The van der Waals surface area contributed by atoms with Crippen LogP contribution in [0.2, 0.25) is 0 Å². The highest BCUT2D eigenvalue weighted by Crippen LogP contribution is 2.16. The van der Waals surface area contributed by atoms with Gasteiger partial charge in [-0.1, -0.05) is 30.3 Å². The quantitative estimate of drug-likeness (QED) is 0.799. The van der Waals surface area contributed by atoms with E-state index in [0.717, 1.165) is 5.56 Å². The molecular weight excluding hydrogens is 264 g/mol. The van der Waals surface area contributed by atoms with E-state index in [1.165, 1.54) is 0 Å². The second-order valence-corrected chi connectivity index (χ2v) is 4.97. The standard InChI is InChI=1S/C17H16N2O2/c20-16(13-5-2-1-3-6-13)9-12-19-11-8-15-14(17(19)21)7-4-10-18-15/h1-8,10-11,16,20H,9,12H2. The number of nitrogens with zero attached hydrogens (tertiary/aromatic N) is 2. The van der Waals surface area contributed by atoms with E-state index in [9.17, 15) is 9.90 Å². The molecule has 0 spiro atoms. The summed E-state index contributed by atoms with van der Waals surface area (Å²) in [4.78, 5) is 16.5. The van der Waals surface area contributed by atoms with E-state index in [-0.39, 0.29) is 5.56 Å². The van der Waals surface area contributed by atoms with Crippen molar-refractivity contribution in [1.29, 1.82) is 0 Å². The van der Waals surface area contributed by atoms with Crippen LogP contribution in [0.15, 0.2) is 65.7 Å². The lowest BCUT2D eigenvalue weighted by Gasteiger charge is -2.12. The number of aliphatic hydroxyl groups excluding tert-OH is 1. The topological polar surface area (TPSA) is 55.1 Å². The Kier molecular flexibility index (Phi) is 3.79. The van der Waals surface area contributed by atoms with Gasteiger partial charge in [-0.2, -0.15) is 0 Å². The largest absolute Gasteiger partial charge is 0.388 e. The fourth-order valence-corrected chi connectivity index (χ4v) is 2.39. The number of rotatable bonds is 4. The third-order valence-corrected chi connectivity index (χ3v) is 3.57. The zero-order chi connectivity index (χ0) is 14.7. The molecule has 1 aromatic carbocycles. The fourth-order valence-electron chi connectivity index (χ4n) is 2.39. The summed E-state index contributed by atoms with van der Waals surface area (Å²) in [5.74, 6) is 0. The number of aromatic nitrogens is 2. The molecule has 0 fully saturated rings. The number of hydrogen-bond acceptors (Lipinski definition) is 3. The molecule has 0 bridgehead atoms. The molecule has 0 aliphatic heterocycles. The Morgan fingerprint density at radius 2 is 1.90 bits per heavy atom. The Morgan fingerprint density at radius 1 is 1.10 bits per heavy atom. The first kappa shape index (κ1) is 13.5. The van der Waals surface area contributed by atoms with Gasteiger partial charge in [0.15, 0.2) is 0 Å². The van der Waals surface area contributed by atoms with Gasteiger partial charge in [0.05, 0.1) is 17.0 Å². The van der Waals surface area contributed by atoms with Crippen LogP contribution in [0, 0.1) is 0 Å². The van der Waals surface area contributed by atoms with Gasteiger partial charge in [-0.15, -0.1) is 0 Å². The first-order valence-electron chi connectivity index (χ1n) is 6.93. The Labute approximate surface area is 122 Å². The van der Waals surface area contributed by atoms with Gasteiger partial charge in [-0.05, 0) is 30.2 Å². The molecule has 0 amide bonds. The molecule has 106 valence electrons. The molecule has 3 aromatic rings. The van der Waals surface area contributed by atoms with Gasteiger partial charge >= 0.3 is 0 Å². The smallest absolute Gasteiger partial charge is 0.259 e. The summed E-state index contributed by atoms with van der Waals surface area (Å²) in [6, 6.07) is 14.8. The molecule has 0 saturated heterocycles. The molecule has 1 atom stereocenters. The van der Waals surface area contributed by atoms with Crippen LogP contribution >= 0.6 is 0 Å². The SMILES string of the molecule is O=c1c2cccnc2ccn1CCC(O)c1ccccc1. The summed E-state index contributed by atoms with van der Waals surface area (Å²) in [5.41, 5.74) is 1.50. The molecule has 2 aromatic heterocycles. The van der Waals surface area contributed by atoms with Gasteiger partial charge in [0.2, 0.25) is 0 Å². The minimum absolute atomic E-state index is 0.0686. The molecular formula is C17H16N2O2. The highest BCUT2D eigenvalue weighted by atomic mass is 16.3. The van der Waals surface area contributed by atoms with Crippen molar-refractivity contribution >= 4 is 10.9 Å². The first-order chi connectivity index (χ1) is 10.3. The zero-order valence-electron chi connectivity index (χ0n) is 11.5. The number of aliphatic hydroxyl groups is 1. The predicted octanol–water partition coefficient (Wildman–Crippen LogP) is 2.52. The maximum atomic E-state index is 12.3. The van der Waals surface area contributed by atoms with Gasteiger partial charge in [-0.3, -0.25) is 9.78 Å². The van der Waals surface area contributed by atoms with Crippen LogP contribution in [0.4, 0.5) is 0 Å². The second kappa shape index (κ2) is 5.89. The van der Waals surface area contributed by atoms with Gasteiger partial charge in [0, 0.05) is 18.9 Å². The number of benzene rings is 1. The van der Waals surface area contributed by atoms with Gasteiger partial charge in [-0.25, -0.2) is 0 Å². The summed E-state index contributed by atoms with van der Waals surface area (Å²) in [5, 5.41) is 10.8. The van der Waals surface area contributed by atoms with Crippen molar-refractivity contribution in [1.82, 2.24) is 9.55 Å². The first-order valence-corrected chi connectivity index (χ1v) is 6.93. The molecule has 0 radical (unpaired) electrons. The van der Waals surface area contributed by atoms with E-state index in [1.54, 1.807) is 29.1 Å². The highest BCUT2D eigenvalue weighted by molar-refractivity contribution is 5.76. The van der Waals surface area contributed by atoms with Crippen molar-refractivity contribution in [3.63, 3.8) is 0 Å². The van der Waals surface area contributed by atoms with Crippen LogP contribution in [-0.2, 0) is 6.54 Å². The lowest BCUT2D eigenvalue weighted by Crippen LogP contribution is -2.20. The summed E-state index contributed by atoms with van der Waals surface area (Å²) in [6.45, 7) is 0.472. The van der Waals surface area contributed by atoms with E-state index in [2.05, 4.69) is 4.98 Å². The van der Waals surface area contributed by atoms with E-state index >= 15 is 0 Å². The lowest BCUT2D eigenvalue weighted by atomic mass is 10.1. The summed E-state index contributed by atoms with van der Waals surface area (Å²) in [6.07, 6.45) is 3.33. The second-order valence-electron chi connectivity index (χ2n) is 4.97. The molecule has 3 rings (SSSR count). The monoisotopic (exact) mass is 280 g/mol. The van der Waals surface area contributed by atoms with Crippen LogP contribution in [0.5, 0.6) is 0 Å². The number of fused-ring (bicyclic) bond motifs is 1. The molecule has 1 N–H and O–H groups in total. The Balaban J connectivity index is 1.80. The van der Waals surface area contributed by atoms with Crippen molar-refractivity contribution in [2.24, 2.45) is 0 Å². The van der Waals surface area contributed by atoms with Crippen molar-refractivity contribution < 1.29 is 5.11 Å². The van der Waals surface area contributed by atoms with Crippen molar-refractivity contribution in [3.05, 3.63) is 76.8 Å². The molecule has 4 heteroatoms. The third kappa shape index (κ3) is 2.85. The van der Waals surface area contributed by atoms with Crippen LogP contribution < -0.4 is 5.56 Å². The maximum Gasteiger partial charge on any atom is 0.259 e. The molecule has 21 heavy (non-hydrogen) atoms. The summed E-state index contributed by atoms with van der Waals surface area (Å²) in [7, 11) is 0. The molecule has 0 aliphatic carbocycles. The van der Waals surface area contributed by atoms with Crippen LogP contribution in [0.1, 0.15) is 18.1 Å². The van der Waals surface area contributed by atoms with Gasteiger partial charge in [0.1, 0.15) is 0 Å². The maximum absolute atomic E-state index is 12.3. The average Bonchev–Trinajstić information content (AvgIpc) is 2.55. The molecule has 0 saturated carbocycles. The minimum atomic E-state index is -0.567. The third-order valence-electron chi connectivity index (χ3n) is 3.57. The highest BCUT2D eigenvalue weighted by Gasteiger charge is 2.08. The summed E-state index contributed by atoms with van der Waals surface area (Å²) >= 11 is 0. The Hall–Kier alpha value is -2.46. The zero-order valence-corrected chi connectivity index (χ0v) is 11.5. The van der Waals surface area contributed by atoms with Gasteiger partial charge < -0.3 is 9.67 Å². The van der Waals surface area contributed by atoms with Crippen LogP contribution in [0.3, 0.4) is 0 Å². The minimum Gasteiger partial charge on any atom is -0.388 e. The number of aryl methyl sites for hydroxylation is 1. The Bertz CT molecular complexity index is 796. The van der Waals surface area contributed by atoms with Gasteiger partial charge in [0.25, 0.3) is 5.56 Å². The average molecular weight is 280 g/mol. The fraction of sp³-hybridized carbons (Fsp3) is 0.176. The molecule has 1 unspecified atom stereocenters. The van der Waals surface area contributed by atoms with Crippen molar-refractivity contribution in [3.8, 4) is 0 Å². The van der Waals surface area contributed by atoms with Crippen LogP contribution in [0.25, 0.3) is 10.9 Å². The van der Waals surface area contributed by atoms with E-state index in [1.807, 2.05) is 36.4 Å². The van der Waals surface area contributed by atoms with Crippen molar-refractivity contribution in [2.45, 2.75) is 19.1 Å². The van der Waals surface area contributed by atoms with E-state index in [0.29, 0.717) is 23.9 Å². The number of hydrogen-bond donors (Lipinski definition) is 1. The van der Waals surface area contributed by atoms with Crippen molar-refractivity contribution in [2.75, 3.05) is 0 Å². The predicted molar refractivity (Wildman–Crippen MR) is 82.0 cm³/mol. The van der Waals surface area contributed by atoms with E-state index < -0.39 is 6.10 Å². The Morgan fingerprint density at radius 3 is 2.71 bits per heavy atom. The lowest BCUT2D eigenvalue weighted by molar-refractivity contribution is 0.160. The molecule has 2 heterocycles. The van der Waals surface area contributed by atoms with Crippen LogP contribution in [-0.4, -0.2) is 14.7 Å². The summed E-state index contributed by atoms with van der Waals surface area (Å²) < 4.78 is 1.62. The van der Waals surface area contributed by atoms with E-state index in [4.69, 9.17) is 0 Å². The molecule has 4 nitrogen and oxygen atoms in total.